The molecule has 1 heterocycles. The number of aromatic nitrogens is 2. The van der Waals surface area contributed by atoms with Crippen LogP contribution in [-0.2, 0) is 6.54 Å². The Morgan fingerprint density at radius 1 is 1.45 bits per heavy atom. The fraction of sp³-hybridized carbons (Fsp3) is 0.375. The Labute approximate surface area is 138 Å². The molecule has 2 aromatic rings. The van der Waals surface area contributed by atoms with Gasteiger partial charge in [0, 0.05) is 30.0 Å². The van der Waals surface area contributed by atoms with E-state index in [0.717, 1.165) is 17.4 Å². The first-order valence-electron chi connectivity index (χ1n) is 7.28. The zero-order valence-electron chi connectivity index (χ0n) is 12.8. The van der Waals surface area contributed by atoms with Crippen LogP contribution in [0.2, 0.25) is 0 Å². The SMILES string of the molecule is CC(C)Oc1cc(Br)ccc1C(=O)NCCCn1cccn1. The van der Waals surface area contributed by atoms with Gasteiger partial charge in [-0.15, -0.1) is 0 Å². The summed E-state index contributed by atoms with van der Waals surface area (Å²) in [5, 5.41) is 7.05. The van der Waals surface area contributed by atoms with E-state index < -0.39 is 0 Å². The zero-order chi connectivity index (χ0) is 15.9. The number of carbonyl (C=O) groups is 1. The maximum atomic E-state index is 12.3. The van der Waals surface area contributed by atoms with Gasteiger partial charge in [0.05, 0.1) is 11.7 Å². The Morgan fingerprint density at radius 2 is 2.27 bits per heavy atom. The first-order chi connectivity index (χ1) is 10.6. The highest BCUT2D eigenvalue weighted by Gasteiger charge is 2.13. The summed E-state index contributed by atoms with van der Waals surface area (Å²) >= 11 is 3.40. The normalized spacial score (nSPS) is 10.7. The zero-order valence-corrected chi connectivity index (χ0v) is 14.3. The summed E-state index contributed by atoms with van der Waals surface area (Å²) in [4.78, 5) is 12.3. The standard InChI is InChI=1S/C16H20BrN3O2/c1-12(2)22-15-11-13(17)5-6-14(15)16(21)18-7-3-9-20-10-4-8-19-20/h4-6,8,10-12H,3,7,9H2,1-2H3,(H,18,21). The second kappa shape index (κ2) is 7.98. The van der Waals surface area contributed by atoms with E-state index in [1.165, 1.54) is 0 Å². The summed E-state index contributed by atoms with van der Waals surface area (Å²) in [5.41, 5.74) is 0.552. The lowest BCUT2D eigenvalue weighted by molar-refractivity contribution is 0.0946. The molecular weight excluding hydrogens is 346 g/mol. The second-order valence-electron chi connectivity index (χ2n) is 5.19. The van der Waals surface area contributed by atoms with Crippen molar-refractivity contribution < 1.29 is 9.53 Å². The van der Waals surface area contributed by atoms with Gasteiger partial charge < -0.3 is 10.1 Å². The summed E-state index contributed by atoms with van der Waals surface area (Å²) in [6, 6.07) is 7.31. The number of nitrogens with one attached hydrogen (secondary N) is 1. The lowest BCUT2D eigenvalue weighted by atomic mass is 10.2. The maximum absolute atomic E-state index is 12.3. The summed E-state index contributed by atoms with van der Waals surface area (Å²) in [5.74, 6) is 0.470. The molecule has 0 atom stereocenters. The van der Waals surface area contributed by atoms with Crippen LogP contribution >= 0.6 is 15.9 Å². The number of halogens is 1. The third-order valence-electron chi connectivity index (χ3n) is 2.96. The number of nitrogens with zero attached hydrogens (tertiary/aromatic N) is 2. The first kappa shape index (κ1) is 16.5. The highest BCUT2D eigenvalue weighted by atomic mass is 79.9. The molecule has 0 aliphatic carbocycles. The molecule has 1 aromatic carbocycles. The molecule has 0 spiro atoms. The molecule has 2 rings (SSSR count). The van der Waals surface area contributed by atoms with Crippen molar-refractivity contribution in [3.05, 3.63) is 46.7 Å². The van der Waals surface area contributed by atoms with Crippen molar-refractivity contribution in [1.82, 2.24) is 15.1 Å². The molecule has 0 aliphatic heterocycles. The molecule has 0 bridgehead atoms. The lowest BCUT2D eigenvalue weighted by Crippen LogP contribution is -2.26. The van der Waals surface area contributed by atoms with E-state index in [-0.39, 0.29) is 12.0 Å². The Balaban J connectivity index is 1.91. The van der Waals surface area contributed by atoms with Crippen molar-refractivity contribution in [2.24, 2.45) is 0 Å². The van der Waals surface area contributed by atoms with Crippen molar-refractivity contribution in [1.29, 1.82) is 0 Å². The summed E-state index contributed by atoms with van der Waals surface area (Å²) < 4.78 is 8.44. The van der Waals surface area contributed by atoms with Crippen molar-refractivity contribution in [3.63, 3.8) is 0 Å². The fourth-order valence-electron chi connectivity index (χ4n) is 2.01. The molecule has 0 aliphatic rings. The van der Waals surface area contributed by atoms with Gasteiger partial charge >= 0.3 is 0 Å². The number of hydrogen-bond donors (Lipinski definition) is 1. The van der Waals surface area contributed by atoms with E-state index in [2.05, 4.69) is 26.3 Å². The number of hydrogen-bond acceptors (Lipinski definition) is 3. The highest BCUT2D eigenvalue weighted by Crippen LogP contribution is 2.24. The Hall–Kier alpha value is -1.82. The van der Waals surface area contributed by atoms with E-state index in [1.807, 2.05) is 42.9 Å². The molecule has 0 fully saturated rings. The Bertz CT molecular complexity index is 612. The molecule has 0 radical (unpaired) electrons. The Morgan fingerprint density at radius 3 is 2.95 bits per heavy atom. The topological polar surface area (TPSA) is 56.1 Å². The third kappa shape index (κ3) is 4.87. The molecule has 1 N–H and O–H groups in total. The van der Waals surface area contributed by atoms with Crippen LogP contribution in [0.15, 0.2) is 41.1 Å². The number of benzene rings is 1. The van der Waals surface area contributed by atoms with E-state index in [1.54, 1.807) is 12.3 Å². The van der Waals surface area contributed by atoms with Crippen LogP contribution in [0.5, 0.6) is 5.75 Å². The summed E-state index contributed by atoms with van der Waals surface area (Å²) in [6.45, 7) is 5.25. The van der Waals surface area contributed by atoms with Gasteiger partial charge in [-0.25, -0.2) is 0 Å². The fourth-order valence-corrected chi connectivity index (χ4v) is 2.35. The maximum Gasteiger partial charge on any atom is 0.255 e. The van der Waals surface area contributed by atoms with Gasteiger partial charge in [-0.05, 0) is 44.5 Å². The quantitative estimate of drug-likeness (QED) is 0.766. The molecule has 1 aromatic heterocycles. The third-order valence-corrected chi connectivity index (χ3v) is 3.45. The minimum atomic E-state index is -0.122. The first-order valence-corrected chi connectivity index (χ1v) is 8.07. The van der Waals surface area contributed by atoms with Crippen molar-refractivity contribution in [2.45, 2.75) is 32.9 Å². The largest absolute Gasteiger partial charge is 0.490 e. The minimum absolute atomic E-state index is 0.0145. The molecule has 5 nitrogen and oxygen atoms in total. The van der Waals surface area contributed by atoms with Crippen LogP contribution in [0, 0.1) is 0 Å². The Kier molecular flexibility index (Phi) is 6.00. The number of rotatable bonds is 7. The van der Waals surface area contributed by atoms with E-state index in [9.17, 15) is 4.79 Å². The second-order valence-corrected chi connectivity index (χ2v) is 6.10. The smallest absolute Gasteiger partial charge is 0.255 e. The van der Waals surface area contributed by atoms with Gasteiger partial charge in [0.15, 0.2) is 0 Å². The highest BCUT2D eigenvalue weighted by molar-refractivity contribution is 9.10. The molecule has 22 heavy (non-hydrogen) atoms. The predicted molar refractivity (Wildman–Crippen MR) is 89.1 cm³/mol. The molecule has 0 unspecified atom stereocenters. The van der Waals surface area contributed by atoms with Gasteiger partial charge in [0.1, 0.15) is 5.75 Å². The van der Waals surface area contributed by atoms with Gasteiger partial charge in [-0.2, -0.15) is 5.10 Å². The molecule has 0 saturated carbocycles. The van der Waals surface area contributed by atoms with Crippen LogP contribution in [0.4, 0.5) is 0 Å². The van der Waals surface area contributed by atoms with E-state index >= 15 is 0 Å². The van der Waals surface area contributed by atoms with Gasteiger partial charge in [0.2, 0.25) is 0 Å². The minimum Gasteiger partial charge on any atom is -0.490 e. The number of carbonyl (C=O) groups excluding carboxylic acids is 1. The van der Waals surface area contributed by atoms with Gasteiger partial charge in [0.25, 0.3) is 5.91 Å². The average molecular weight is 366 g/mol. The summed E-state index contributed by atoms with van der Waals surface area (Å²) in [6.07, 6.45) is 4.49. The number of ether oxygens (including phenoxy) is 1. The number of aryl methyl sites for hydroxylation is 1. The average Bonchev–Trinajstić information content (AvgIpc) is 2.96. The summed E-state index contributed by atoms with van der Waals surface area (Å²) in [7, 11) is 0. The van der Waals surface area contributed by atoms with Crippen molar-refractivity contribution in [3.8, 4) is 5.75 Å². The van der Waals surface area contributed by atoms with Crippen molar-refractivity contribution in [2.75, 3.05) is 6.54 Å². The molecule has 6 heteroatoms. The monoisotopic (exact) mass is 365 g/mol. The van der Waals surface area contributed by atoms with Crippen LogP contribution in [0.3, 0.4) is 0 Å². The molecule has 118 valence electrons. The molecule has 1 amide bonds. The lowest BCUT2D eigenvalue weighted by Gasteiger charge is -2.14. The molecular formula is C16H20BrN3O2. The predicted octanol–water partition coefficient (Wildman–Crippen LogP) is 3.25. The van der Waals surface area contributed by atoms with Gasteiger partial charge in [-0.3, -0.25) is 9.48 Å². The van der Waals surface area contributed by atoms with Crippen LogP contribution in [-0.4, -0.2) is 28.3 Å². The molecule has 0 saturated heterocycles. The van der Waals surface area contributed by atoms with Gasteiger partial charge in [-0.1, -0.05) is 15.9 Å². The van der Waals surface area contributed by atoms with E-state index in [0.29, 0.717) is 17.9 Å². The number of amides is 1. The van der Waals surface area contributed by atoms with Crippen LogP contribution < -0.4 is 10.1 Å². The van der Waals surface area contributed by atoms with E-state index in [4.69, 9.17) is 4.74 Å². The van der Waals surface area contributed by atoms with Crippen molar-refractivity contribution >= 4 is 21.8 Å². The van der Waals surface area contributed by atoms with Crippen LogP contribution in [0.1, 0.15) is 30.6 Å². The van der Waals surface area contributed by atoms with Crippen LogP contribution in [0.25, 0.3) is 0 Å².